The molecule has 1 aromatic carbocycles. The minimum atomic E-state index is -1.66. The summed E-state index contributed by atoms with van der Waals surface area (Å²) in [6.07, 6.45) is 0. The number of aromatic carboxylic acids is 1. The smallest absolute Gasteiger partial charge is 0.339 e. The number of para-hydroxylation sites is 1. The number of carboxylic acids is 1. The molecule has 1 N–H and O–H groups in total. The summed E-state index contributed by atoms with van der Waals surface area (Å²) in [7, 11) is 0. The number of halogens is 1. The van der Waals surface area contributed by atoms with Crippen molar-refractivity contribution in [1.29, 1.82) is 0 Å². The van der Waals surface area contributed by atoms with Crippen LogP contribution in [0, 0.1) is 0 Å². The molecule has 16 heavy (non-hydrogen) atoms. The van der Waals surface area contributed by atoms with E-state index >= 15 is 0 Å². The average molecular weight is 223 g/mol. The number of carbonyl (C=O) groups is 1. The molecule has 0 radical (unpaired) electrons. The van der Waals surface area contributed by atoms with Crippen LogP contribution in [0.5, 0.6) is 0 Å². The molecule has 0 aliphatic rings. The molecule has 0 aliphatic heterocycles. The average Bonchev–Trinajstić information content (AvgIpc) is 2.59. The van der Waals surface area contributed by atoms with E-state index in [0.29, 0.717) is 5.39 Å². The molecule has 0 saturated heterocycles. The number of alkyl halides is 1. The SMILES string of the molecule is CC(C)(F)c1noc2c(C(=O)O)cccc12. The zero-order chi connectivity index (χ0) is 11.9. The van der Waals surface area contributed by atoms with Crippen LogP contribution in [0.2, 0.25) is 0 Å². The highest BCUT2D eigenvalue weighted by Gasteiger charge is 2.27. The monoisotopic (exact) mass is 223 g/mol. The van der Waals surface area contributed by atoms with Gasteiger partial charge in [-0.1, -0.05) is 11.2 Å². The van der Waals surface area contributed by atoms with Crippen LogP contribution < -0.4 is 0 Å². The van der Waals surface area contributed by atoms with Gasteiger partial charge >= 0.3 is 5.97 Å². The highest BCUT2D eigenvalue weighted by Crippen LogP contribution is 2.31. The molecule has 4 nitrogen and oxygen atoms in total. The first kappa shape index (κ1) is 10.6. The van der Waals surface area contributed by atoms with Gasteiger partial charge in [0.15, 0.2) is 11.3 Å². The Labute approximate surface area is 90.7 Å². The highest BCUT2D eigenvalue weighted by molar-refractivity contribution is 6.01. The zero-order valence-corrected chi connectivity index (χ0v) is 8.82. The molecule has 2 rings (SSSR count). The van der Waals surface area contributed by atoms with Crippen LogP contribution in [0.3, 0.4) is 0 Å². The van der Waals surface area contributed by atoms with E-state index in [4.69, 9.17) is 9.63 Å². The van der Waals surface area contributed by atoms with E-state index in [-0.39, 0.29) is 16.8 Å². The fourth-order valence-electron chi connectivity index (χ4n) is 1.56. The summed E-state index contributed by atoms with van der Waals surface area (Å²) in [6, 6.07) is 4.53. The maximum absolute atomic E-state index is 13.7. The standard InChI is InChI=1S/C11H10FNO3/c1-11(2,12)9-6-4-3-5-7(10(14)15)8(6)16-13-9/h3-5H,1-2H3,(H,14,15). The minimum Gasteiger partial charge on any atom is -0.478 e. The Morgan fingerprint density at radius 1 is 1.50 bits per heavy atom. The Balaban J connectivity index is 2.76. The van der Waals surface area contributed by atoms with Gasteiger partial charge in [0.1, 0.15) is 11.3 Å². The van der Waals surface area contributed by atoms with Crippen molar-refractivity contribution in [2.45, 2.75) is 19.5 Å². The largest absolute Gasteiger partial charge is 0.478 e. The van der Waals surface area contributed by atoms with Gasteiger partial charge in [0.2, 0.25) is 0 Å². The van der Waals surface area contributed by atoms with Gasteiger partial charge in [-0.2, -0.15) is 0 Å². The molecule has 0 unspecified atom stereocenters. The molecule has 0 bridgehead atoms. The van der Waals surface area contributed by atoms with Crippen molar-refractivity contribution < 1.29 is 18.8 Å². The van der Waals surface area contributed by atoms with E-state index in [1.165, 1.54) is 26.0 Å². The number of carboxylic acid groups (broad SMARTS) is 1. The number of hydrogen-bond donors (Lipinski definition) is 1. The van der Waals surface area contributed by atoms with Crippen molar-refractivity contribution in [3.63, 3.8) is 0 Å². The number of benzene rings is 1. The van der Waals surface area contributed by atoms with Gasteiger partial charge in [0, 0.05) is 5.39 Å². The number of hydrogen-bond acceptors (Lipinski definition) is 3. The number of aromatic nitrogens is 1. The molecule has 1 heterocycles. The summed E-state index contributed by atoms with van der Waals surface area (Å²) in [5.41, 5.74) is -1.45. The van der Waals surface area contributed by atoms with Crippen LogP contribution in [0.1, 0.15) is 29.9 Å². The second-order valence-electron chi connectivity index (χ2n) is 3.99. The van der Waals surface area contributed by atoms with Gasteiger partial charge in [-0.25, -0.2) is 9.18 Å². The second kappa shape index (κ2) is 3.30. The molecule has 2 aromatic rings. The van der Waals surface area contributed by atoms with E-state index < -0.39 is 11.6 Å². The summed E-state index contributed by atoms with van der Waals surface area (Å²) in [6.45, 7) is 2.69. The van der Waals surface area contributed by atoms with E-state index in [9.17, 15) is 9.18 Å². The second-order valence-corrected chi connectivity index (χ2v) is 3.99. The summed E-state index contributed by atoms with van der Waals surface area (Å²) in [5.74, 6) is -1.12. The van der Waals surface area contributed by atoms with Gasteiger partial charge in [0.05, 0.1) is 0 Å². The number of nitrogens with zero attached hydrogens (tertiary/aromatic N) is 1. The molecule has 0 amide bonds. The molecule has 0 aliphatic carbocycles. The van der Waals surface area contributed by atoms with Crippen LogP contribution in [0.4, 0.5) is 4.39 Å². The molecule has 0 spiro atoms. The molecular weight excluding hydrogens is 213 g/mol. The zero-order valence-electron chi connectivity index (χ0n) is 8.82. The third-order valence-corrected chi connectivity index (χ3v) is 2.29. The van der Waals surface area contributed by atoms with Gasteiger partial charge in [-0.3, -0.25) is 0 Å². The maximum atomic E-state index is 13.7. The molecule has 0 saturated carbocycles. The lowest BCUT2D eigenvalue weighted by Gasteiger charge is -2.09. The number of rotatable bonds is 2. The van der Waals surface area contributed by atoms with Crippen LogP contribution in [-0.4, -0.2) is 16.2 Å². The third-order valence-electron chi connectivity index (χ3n) is 2.29. The van der Waals surface area contributed by atoms with Crippen LogP contribution in [-0.2, 0) is 5.67 Å². The van der Waals surface area contributed by atoms with E-state index in [0.717, 1.165) is 0 Å². The molecule has 5 heteroatoms. The summed E-state index contributed by atoms with van der Waals surface area (Å²) < 4.78 is 18.6. The first-order valence-corrected chi connectivity index (χ1v) is 4.72. The van der Waals surface area contributed by atoms with Crippen molar-refractivity contribution in [3.8, 4) is 0 Å². The quantitative estimate of drug-likeness (QED) is 0.850. The summed E-state index contributed by atoms with van der Waals surface area (Å²) >= 11 is 0. The Kier molecular flexibility index (Phi) is 2.18. The maximum Gasteiger partial charge on any atom is 0.339 e. The van der Waals surface area contributed by atoms with Crippen molar-refractivity contribution in [1.82, 2.24) is 5.16 Å². The van der Waals surface area contributed by atoms with Crippen molar-refractivity contribution in [2.75, 3.05) is 0 Å². The number of fused-ring (bicyclic) bond motifs is 1. The Bertz CT molecular complexity index is 554. The van der Waals surface area contributed by atoms with E-state index in [1.807, 2.05) is 0 Å². The first-order valence-electron chi connectivity index (χ1n) is 4.72. The molecule has 0 atom stereocenters. The topological polar surface area (TPSA) is 63.3 Å². The predicted octanol–water partition coefficient (Wildman–Crippen LogP) is 2.73. The van der Waals surface area contributed by atoms with Crippen molar-refractivity contribution >= 4 is 16.9 Å². The first-order chi connectivity index (χ1) is 7.41. The molecule has 0 fully saturated rings. The van der Waals surface area contributed by atoms with E-state index in [1.54, 1.807) is 6.07 Å². The Morgan fingerprint density at radius 3 is 2.75 bits per heavy atom. The lowest BCUT2D eigenvalue weighted by Crippen LogP contribution is -2.09. The normalized spacial score (nSPS) is 11.9. The lowest BCUT2D eigenvalue weighted by molar-refractivity contribution is 0.0697. The van der Waals surface area contributed by atoms with Crippen molar-refractivity contribution in [3.05, 3.63) is 29.5 Å². The van der Waals surface area contributed by atoms with Gasteiger partial charge in [0.25, 0.3) is 0 Å². The highest BCUT2D eigenvalue weighted by atomic mass is 19.1. The summed E-state index contributed by atoms with van der Waals surface area (Å²) in [4.78, 5) is 10.9. The summed E-state index contributed by atoms with van der Waals surface area (Å²) in [5, 5.41) is 12.9. The van der Waals surface area contributed by atoms with Gasteiger partial charge in [-0.05, 0) is 26.0 Å². The van der Waals surface area contributed by atoms with Crippen LogP contribution in [0.15, 0.2) is 22.7 Å². The van der Waals surface area contributed by atoms with Gasteiger partial charge in [-0.15, -0.1) is 0 Å². The Hall–Kier alpha value is -1.91. The predicted molar refractivity (Wildman–Crippen MR) is 55.1 cm³/mol. The lowest BCUT2D eigenvalue weighted by atomic mass is 10.0. The molecule has 84 valence electrons. The molecule has 1 aromatic heterocycles. The fraction of sp³-hybridized carbons (Fsp3) is 0.273. The van der Waals surface area contributed by atoms with Crippen LogP contribution in [0.25, 0.3) is 11.0 Å². The third kappa shape index (κ3) is 1.54. The van der Waals surface area contributed by atoms with Crippen LogP contribution >= 0.6 is 0 Å². The van der Waals surface area contributed by atoms with Crippen molar-refractivity contribution in [2.24, 2.45) is 0 Å². The molecular formula is C11H10FNO3. The van der Waals surface area contributed by atoms with E-state index in [2.05, 4.69) is 5.16 Å². The minimum absolute atomic E-state index is 0.0134. The van der Waals surface area contributed by atoms with Gasteiger partial charge < -0.3 is 9.63 Å². The Morgan fingerprint density at radius 2 is 2.19 bits per heavy atom. The fourth-order valence-corrected chi connectivity index (χ4v) is 1.56.